The van der Waals surface area contributed by atoms with Gasteiger partial charge in [-0.2, -0.15) is 0 Å². The monoisotopic (exact) mass is 318 g/mol. The summed E-state index contributed by atoms with van der Waals surface area (Å²) in [6.07, 6.45) is 1.92. The lowest BCUT2D eigenvalue weighted by Gasteiger charge is -2.10. The Morgan fingerprint density at radius 1 is 1.27 bits per heavy atom. The average molecular weight is 318 g/mol. The summed E-state index contributed by atoms with van der Waals surface area (Å²) >= 11 is 2.35. The zero-order valence-electron chi connectivity index (χ0n) is 9.26. The number of aryl methyl sites for hydroxylation is 2. The number of hydrogen-bond donors (Lipinski definition) is 0. The molecule has 0 saturated carbocycles. The molecule has 0 saturated heterocycles. The van der Waals surface area contributed by atoms with Crippen molar-refractivity contribution in [2.45, 2.75) is 33.6 Å². The summed E-state index contributed by atoms with van der Waals surface area (Å²) in [5.41, 5.74) is 2.48. The van der Waals surface area contributed by atoms with E-state index in [9.17, 15) is 4.79 Å². The van der Waals surface area contributed by atoms with Gasteiger partial charge < -0.3 is 4.74 Å². The van der Waals surface area contributed by atoms with Crippen LogP contribution in [-0.4, -0.2) is 5.97 Å². The van der Waals surface area contributed by atoms with E-state index in [4.69, 9.17) is 4.74 Å². The molecular formula is C12H15IO2. The first-order valence-electron chi connectivity index (χ1n) is 5.08. The maximum atomic E-state index is 10.9. The molecule has 0 radical (unpaired) electrons. The van der Waals surface area contributed by atoms with E-state index in [1.807, 2.05) is 12.1 Å². The predicted octanol–water partition coefficient (Wildman–Crippen LogP) is 3.34. The summed E-state index contributed by atoms with van der Waals surface area (Å²) in [6.45, 7) is 5.64. The van der Waals surface area contributed by atoms with Gasteiger partial charge in [0.05, 0.1) is 0 Å². The van der Waals surface area contributed by atoms with Gasteiger partial charge >= 0.3 is 5.97 Å². The fourth-order valence-corrected chi connectivity index (χ4v) is 2.53. The van der Waals surface area contributed by atoms with Gasteiger partial charge in [-0.1, -0.05) is 13.8 Å². The van der Waals surface area contributed by atoms with E-state index in [1.54, 1.807) is 0 Å². The van der Waals surface area contributed by atoms with Crippen LogP contribution in [0.25, 0.3) is 0 Å². The van der Waals surface area contributed by atoms with Crippen LogP contribution in [0.15, 0.2) is 12.1 Å². The second kappa shape index (κ2) is 5.49. The Bertz CT molecular complexity index is 347. The molecule has 0 spiro atoms. The third-order valence-corrected chi connectivity index (χ3v) is 3.61. The van der Waals surface area contributed by atoms with Crippen LogP contribution in [0.4, 0.5) is 0 Å². The summed E-state index contributed by atoms with van der Waals surface area (Å²) in [5, 5.41) is 0. The number of hydrogen-bond acceptors (Lipinski definition) is 2. The number of halogens is 1. The van der Waals surface area contributed by atoms with Gasteiger partial charge in [-0.25, -0.2) is 0 Å². The first kappa shape index (κ1) is 12.5. The smallest absolute Gasteiger partial charge is 0.308 e. The maximum absolute atomic E-state index is 10.9. The molecule has 2 nitrogen and oxygen atoms in total. The van der Waals surface area contributed by atoms with E-state index in [0.29, 0.717) is 5.75 Å². The molecule has 1 aromatic rings. The van der Waals surface area contributed by atoms with E-state index >= 15 is 0 Å². The molecule has 15 heavy (non-hydrogen) atoms. The second-order valence-electron chi connectivity index (χ2n) is 3.36. The molecule has 0 heterocycles. The van der Waals surface area contributed by atoms with Gasteiger partial charge in [-0.3, -0.25) is 4.79 Å². The van der Waals surface area contributed by atoms with E-state index < -0.39 is 0 Å². The van der Waals surface area contributed by atoms with Crippen LogP contribution in [0.5, 0.6) is 5.75 Å². The van der Waals surface area contributed by atoms with Gasteiger partial charge in [0, 0.05) is 10.5 Å². The Morgan fingerprint density at radius 3 is 2.07 bits per heavy atom. The molecule has 1 aromatic carbocycles. The molecule has 0 fully saturated rings. The van der Waals surface area contributed by atoms with Crippen LogP contribution in [0.2, 0.25) is 0 Å². The Kier molecular flexibility index (Phi) is 4.57. The van der Waals surface area contributed by atoms with Crippen molar-refractivity contribution in [2.75, 3.05) is 0 Å². The van der Waals surface area contributed by atoms with Crippen LogP contribution >= 0.6 is 22.6 Å². The molecule has 0 aliphatic heterocycles. The van der Waals surface area contributed by atoms with Crippen molar-refractivity contribution in [3.05, 3.63) is 26.8 Å². The molecule has 0 aliphatic carbocycles. The standard InChI is InChI=1S/C12H15IO2/c1-4-9-6-11(15-8(3)14)7-10(5-2)12(9)13/h6-7H,4-5H2,1-3H3. The summed E-state index contributed by atoms with van der Waals surface area (Å²) in [4.78, 5) is 10.9. The lowest BCUT2D eigenvalue weighted by atomic mass is 10.1. The molecule has 0 amide bonds. The van der Waals surface area contributed by atoms with E-state index in [1.165, 1.54) is 21.6 Å². The Morgan fingerprint density at radius 2 is 1.73 bits per heavy atom. The maximum Gasteiger partial charge on any atom is 0.308 e. The highest BCUT2D eigenvalue weighted by Crippen LogP contribution is 2.25. The zero-order valence-corrected chi connectivity index (χ0v) is 11.4. The number of carbonyl (C=O) groups is 1. The number of carbonyl (C=O) groups excluding carboxylic acids is 1. The summed E-state index contributed by atoms with van der Waals surface area (Å²) in [7, 11) is 0. The first-order chi connectivity index (χ1) is 7.08. The largest absolute Gasteiger partial charge is 0.427 e. The second-order valence-corrected chi connectivity index (χ2v) is 4.44. The number of rotatable bonds is 3. The summed E-state index contributed by atoms with van der Waals surface area (Å²) in [6, 6.07) is 3.89. The van der Waals surface area contributed by atoms with Crippen molar-refractivity contribution in [1.29, 1.82) is 0 Å². The molecule has 0 aliphatic rings. The first-order valence-corrected chi connectivity index (χ1v) is 6.16. The Labute approximate surface area is 104 Å². The van der Waals surface area contributed by atoms with Crippen LogP contribution in [0, 0.1) is 3.57 Å². The summed E-state index contributed by atoms with van der Waals surface area (Å²) < 4.78 is 6.40. The molecule has 0 unspecified atom stereocenters. The van der Waals surface area contributed by atoms with Gasteiger partial charge in [0.2, 0.25) is 0 Å². The highest BCUT2D eigenvalue weighted by atomic mass is 127. The van der Waals surface area contributed by atoms with Crippen LogP contribution < -0.4 is 4.74 Å². The van der Waals surface area contributed by atoms with Crippen molar-refractivity contribution in [2.24, 2.45) is 0 Å². The van der Waals surface area contributed by atoms with Crippen LogP contribution in [-0.2, 0) is 17.6 Å². The minimum atomic E-state index is -0.264. The van der Waals surface area contributed by atoms with Crippen molar-refractivity contribution in [3.63, 3.8) is 0 Å². The Hall–Kier alpha value is -0.580. The van der Waals surface area contributed by atoms with E-state index in [-0.39, 0.29) is 5.97 Å². The zero-order chi connectivity index (χ0) is 11.4. The van der Waals surface area contributed by atoms with Gasteiger partial charge in [-0.15, -0.1) is 0 Å². The lowest BCUT2D eigenvalue weighted by Crippen LogP contribution is -2.04. The van der Waals surface area contributed by atoms with Crippen molar-refractivity contribution >= 4 is 28.6 Å². The topological polar surface area (TPSA) is 26.3 Å². The average Bonchev–Trinajstić information content (AvgIpc) is 2.19. The summed E-state index contributed by atoms with van der Waals surface area (Å²) in [5.74, 6) is 0.400. The predicted molar refractivity (Wildman–Crippen MR) is 69.2 cm³/mol. The highest BCUT2D eigenvalue weighted by molar-refractivity contribution is 14.1. The van der Waals surface area contributed by atoms with E-state index in [0.717, 1.165) is 12.8 Å². The Balaban J connectivity index is 3.14. The van der Waals surface area contributed by atoms with Gasteiger partial charge in [-0.05, 0) is 58.7 Å². The third kappa shape index (κ3) is 3.19. The molecular weight excluding hydrogens is 303 g/mol. The normalized spacial score (nSPS) is 10.1. The van der Waals surface area contributed by atoms with Crippen LogP contribution in [0.1, 0.15) is 31.9 Å². The number of benzene rings is 1. The minimum absolute atomic E-state index is 0.264. The quantitative estimate of drug-likeness (QED) is 0.485. The van der Waals surface area contributed by atoms with Crippen LogP contribution in [0.3, 0.4) is 0 Å². The molecule has 0 atom stereocenters. The van der Waals surface area contributed by atoms with Crippen molar-refractivity contribution < 1.29 is 9.53 Å². The number of ether oxygens (including phenoxy) is 1. The molecule has 3 heteroatoms. The highest BCUT2D eigenvalue weighted by Gasteiger charge is 2.08. The van der Waals surface area contributed by atoms with Crippen molar-refractivity contribution in [3.8, 4) is 5.75 Å². The minimum Gasteiger partial charge on any atom is -0.427 e. The fraction of sp³-hybridized carbons (Fsp3) is 0.417. The number of esters is 1. The van der Waals surface area contributed by atoms with Gasteiger partial charge in [0.15, 0.2) is 0 Å². The molecule has 0 N–H and O–H groups in total. The van der Waals surface area contributed by atoms with Crippen molar-refractivity contribution in [1.82, 2.24) is 0 Å². The van der Waals surface area contributed by atoms with Gasteiger partial charge in [0.1, 0.15) is 5.75 Å². The van der Waals surface area contributed by atoms with Gasteiger partial charge in [0.25, 0.3) is 0 Å². The third-order valence-electron chi connectivity index (χ3n) is 2.22. The lowest BCUT2D eigenvalue weighted by molar-refractivity contribution is -0.131. The van der Waals surface area contributed by atoms with E-state index in [2.05, 4.69) is 36.4 Å². The fourth-order valence-electron chi connectivity index (χ4n) is 1.46. The molecule has 0 bridgehead atoms. The molecule has 82 valence electrons. The molecule has 0 aromatic heterocycles. The SMILES string of the molecule is CCc1cc(OC(C)=O)cc(CC)c1I. The molecule has 1 rings (SSSR count).